The van der Waals surface area contributed by atoms with Crippen molar-refractivity contribution < 1.29 is 23.8 Å². The zero-order chi connectivity index (χ0) is 16.1. The molecule has 7 nitrogen and oxygen atoms in total. The van der Waals surface area contributed by atoms with E-state index in [0.717, 1.165) is 11.8 Å². The van der Waals surface area contributed by atoms with Gasteiger partial charge in [0.2, 0.25) is 5.91 Å². The van der Waals surface area contributed by atoms with E-state index in [1.54, 1.807) is 0 Å². The summed E-state index contributed by atoms with van der Waals surface area (Å²) < 4.78 is 18.2. The van der Waals surface area contributed by atoms with Crippen LogP contribution < -0.4 is 10.1 Å². The fourth-order valence-corrected chi connectivity index (χ4v) is 2.61. The van der Waals surface area contributed by atoms with Gasteiger partial charge in [-0.1, -0.05) is 11.8 Å². The Labute approximate surface area is 129 Å². The summed E-state index contributed by atoms with van der Waals surface area (Å²) >= 11 is 0.985. The van der Waals surface area contributed by atoms with Crippen molar-refractivity contribution in [1.29, 1.82) is 0 Å². The van der Waals surface area contributed by atoms with Crippen molar-refractivity contribution >= 4 is 35.0 Å². The van der Waals surface area contributed by atoms with Gasteiger partial charge in [-0.05, 0) is 18.2 Å². The van der Waals surface area contributed by atoms with Gasteiger partial charge in [0, 0.05) is 5.56 Å². The molecule has 2 rings (SSSR count). The molecule has 0 radical (unpaired) electrons. The molecular weight excluding hydrogens is 313 g/mol. The number of rotatable bonds is 5. The Hall–Kier alpha value is -2.42. The number of ether oxygens (including phenoxy) is 1. The maximum atomic E-state index is 13.2. The van der Waals surface area contributed by atoms with E-state index in [2.05, 4.69) is 15.5 Å². The average Bonchev–Trinajstić information content (AvgIpc) is 2.78. The molecule has 22 heavy (non-hydrogen) atoms. The van der Waals surface area contributed by atoms with Crippen molar-refractivity contribution in [2.45, 2.75) is 11.7 Å². The summed E-state index contributed by atoms with van der Waals surface area (Å²) in [5.41, 5.74) is 0.392. The molecule has 0 aliphatic carbocycles. The molecule has 1 amide bonds. The first kappa shape index (κ1) is 16.0. The minimum Gasteiger partial charge on any atom is -0.496 e. The van der Waals surface area contributed by atoms with Crippen LogP contribution in [0.15, 0.2) is 28.4 Å². The van der Waals surface area contributed by atoms with Crippen molar-refractivity contribution in [2.24, 2.45) is 10.2 Å². The van der Waals surface area contributed by atoms with E-state index in [9.17, 15) is 14.0 Å². The Morgan fingerprint density at radius 2 is 2.36 bits per heavy atom. The number of aliphatic carboxylic acids is 1. The first-order chi connectivity index (χ1) is 10.5. The Morgan fingerprint density at radius 1 is 1.59 bits per heavy atom. The minimum atomic E-state index is -1.07. The predicted molar refractivity (Wildman–Crippen MR) is 79.8 cm³/mol. The van der Waals surface area contributed by atoms with Gasteiger partial charge in [-0.2, -0.15) is 5.10 Å². The van der Waals surface area contributed by atoms with E-state index in [0.29, 0.717) is 11.3 Å². The third kappa shape index (κ3) is 4.04. The number of methoxy groups -OCH3 is 1. The second-order valence-electron chi connectivity index (χ2n) is 4.23. The van der Waals surface area contributed by atoms with Crippen LogP contribution in [0.3, 0.4) is 0 Å². The van der Waals surface area contributed by atoms with Crippen molar-refractivity contribution in [2.75, 3.05) is 7.11 Å². The van der Waals surface area contributed by atoms with Crippen LogP contribution in [0.2, 0.25) is 0 Å². The van der Waals surface area contributed by atoms with E-state index in [1.165, 1.54) is 31.5 Å². The molecule has 1 unspecified atom stereocenters. The molecule has 0 bridgehead atoms. The maximum Gasteiger partial charge on any atom is 0.305 e. The standard InChI is InChI=1S/C13H12FN3O4S/c1-21-9-3-2-8(14)4-7(9)6-15-17-13-16-12(20)10(22-13)5-11(18)19/h2-4,6,10H,5H2,1H3,(H,18,19)(H,16,17,20). The largest absolute Gasteiger partial charge is 0.496 e. The molecule has 1 fully saturated rings. The van der Waals surface area contributed by atoms with E-state index in [1.807, 2.05) is 0 Å². The summed E-state index contributed by atoms with van der Waals surface area (Å²) in [6, 6.07) is 3.94. The summed E-state index contributed by atoms with van der Waals surface area (Å²) in [6.45, 7) is 0. The lowest BCUT2D eigenvalue weighted by molar-refractivity contribution is -0.138. The second-order valence-corrected chi connectivity index (χ2v) is 5.42. The number of benzene rings is 1. The highest BCUT2D eigenvalue weighted by Crippen LogP contribution is 2.22. The van der Waals surface area contributed by atoms with E-state index in [4.69, 9.17) is 9.84 Å². The fourth-order valence-electron chi connectivity index (χ4n) is 1.69. The molecule has 1 aromatic rings. The number of carboxylic acid groups (broad SMARTS) is 1. The van der Waals surface area contributed by atoms with Crippen molar-refractivity contribution in [1.82, 2.24) is 5.32 Å². The fraction of sp³-hybridized carbons (Fsp3) is 0.231. The van der Waals surface area contributed by atoms with Crippen LogP contribution in [-0.2, 0) is 9.59 Å². The number of nitrogens with zero attached hydrogens (tertiary/aromatic N) is 2. The number of thioether (sulfide) groups is 1. The number of carbonyl (C=O) groups excluding carboxylic acids is 1. The molecule has 1 saturated heterocycles. The van der Waals surface area contributed by atoms with Gasteiger partial charge in [0.25, 0.3) is 0 Å². The zero-order valence-corrected chi connectivity index (χ0v) is 12.3. The van der Waals surface area contributed by atoms with Gasteiger partial charge in [0.1, 0.15) is 16.8 Å². The molecule has 1 atom stereocenters. The summed E-state index contributed by atoms with van der Waals surface area (Å²) in [4.78, 5) is 22.1. The van der Waals surface area contributed by atoms with Crippen LogP contribution in [-0.4, -0.2) is 40.7 Å². The van der Waals surface area contributed by atoms with Gasteiger partial charge >= 0.3 is 5.97 Å². The molecule has 116 valence electrons. The number of carboxylic acids is 1. The monoisotopic (exact) mass is 325 g/mol. The van der Waals surface area contributed by atoms with Gasteiger partial charge < -0.3 is 15.2 Å². The predicted octanol–water partition coefficient (Wildman–Crippen LogP) is 1.23. The Bertz CT molecular complexity index is 663. The van der Waals surface area contributed by atoms with Crippen LogP contribution in [0.25, 0.3) is 0 Å². The van der Waals surface area contributed by atoms with Crippen molar-refractivity contribution in [3.05, 3.63) is 29.6 Å². The Balaban J connectivity index is 2.07. The first-order valence-corrected chi connectivity index (χ1v) is 7.01. The lowest BCUT2D eigenvalue weighted by atomic mass is 10.2. The third-order valence-electron chi connectivity index (χ3n) is 2.67. The summed E-state index contributed by atoms with van der Waals surface area (Å²) in [6.07, 6.45) is 0.989. The van der Waals surface area contributed by atoms with Gasteiger partial charge in [-0.15, -0.1) is 5.10 Å². The molecule has 9 heteroatoms. The molecule has 0 aromatic heterocycles. The van der Waals surface area contributed by atoms with Gasteiger partial charge in [0.15, 0.2) is 5.17 Å². The third-order valence-corrected chi connectivity index (χ3v) is 3.75. The molecule has 1 aromatic carbocycles. The number of carbonyl (C=O) groups is 2. The molecule has 0 saturated carbocycles. The van der Waals surface area contributed by atoms with Crippen LogP contribution in [0, 0.1) is 5.82 Å². The number of amides is 1. The normalized spacial score (nSPS) is 19.6. The number of nitrogens with one attached hydrogen (secondary N) is 1. The second kappa shape index (κ2) is 7.03. The Morgan fingerprint density at radius 3 is 3.05 bits per heavy atom. The minimum absolute atomic E-state index is 0.197. The maximum absolute atomic E-state index is 13.2. The first-order valence-electron chi connectivity index (χ1n) is 6.13. The summed E-state index contributed by atoms with van der Waals surface area (Å²) in [5, 5.41) is 18.1. The summed E-state index contributed by atoms with van der Waals surface area (Å²) in [7, 11) is 1.44. The van der Waals surface area contributed by atoms with E-state index >= 15 is 0 Å². The van der Waals surface area contributed by atoms with E-state index < -0.39 is 22.9 Å². The molecular formula is C13H12FN3O4S. The van der Waals surface area contributed by atoms with Crippen molar-refractivity contribution in [3.8, 4) is 5.75 Å². The number of hydrogen-bond acceptors (Lipinski definition) is 6. The smallest absolute Gasteiger partial charge is 0.305 e. The van der Waals surface area contributed by atoms with Crippen LogP contribution in [0.5, 0.6) is 5.75 Å². The van der Waals surface area contributed by atoms with Crippen LogP contribution in [0.1, 0.15) is 12.0 Å². The number of halogens is 1. The topological polar surface area (TPSA) is 100 Å². The average molecular weight is 325 g/mol. The molecule has 0 spiro atoms. The van der Waals surface area contributed by atoms with Crippen LogP contribution in [0.4, 0.5) is 4.39 Å². The van der Waals surface area contributed by atoms with Gasteiger partial charge in [-0.3, -0.25) is 9.59 Å². The highest BCUT2D eigenvalue weighted by Gasteiger charge is 2.32. The number of amidine groups is 1. The van der Waals surface area contributed by atoms with Gasteiger partial charge in [0.05, 0.1) is 19.7 Å². The number of hydrogen-bond donors (Lipinski definition) is 2. The SMILES string of the molecule is COc1ccc(F)cc1C=NN=C1NC(=O)C(CC(=O)O)S1. The summed E-state index contributed by atoms with van der Waals surface area (Å²) in [5.74, 6) is -1.51. The quantitative estimate of drug-likeness (QED) is 0.626. The molecule has 1 aliphatic rings. The molecule has 1 heterocycles. The highest BCUT2D eigenvalue weighted by atomic mass is 32.2. The molecule has 1 aliphatic heterocycles. The van der Waals surface area contributed by atoms with Crippen LogP contribution >= 0.6 is 11.8 Å². The highest BCUT2D eigenvalue weighted by molar-refractivity contribution is 8.15. The zero-order valence-electron chi connectivity index (χ0n) is 11.4. The van der Waals surface area contributed by atoms with Crippen molar-refractivity contribution in [3.63, 3.8) is 0 Å². The lowest BCUT2D eigenvalue weighted by Crippen LogP contribution is -2.26. The van der Waals surface area contributed by atoms with Gasteiger partial charge in [-0.25, -0.2) is 4.39 Å². The van der Waals surface area contributed by atoms with E-state index in [-0.39, 0.29) is 11.6 Å². The molecule has 2 N–H and O–H groups in total. The lowest BCUT2D eigenvalue weighted by Gasteiger charge is -2.02. The Kier molecular flexibility index (Phi) is 5.10.